The molecule has 0 unspecified atom stereocenters. The van der Waals surface area contributed by atoms with Crippen LogP contribution in [0.4, 0.5) is 5.69 Å². The van der Waals surface area contributed by atoms with Crippen molar-refractivity contribution in [2.75, 3.05) is 0 Å². The molecule has 1 aromatic rings. The molecule has 18 heavy (non-hydrogen) atoms. The molecule has 0 radical (unpaired) electrons. The van der Waals surface area contributed by atoms with Gasteiger partial charge in [0.2, 0.25) is 0 Å². The van der Waals surface area contributed by atoms with Gasteiger partial charge in [-0.1, -0.05) is 12.1 Å². The van der Waals surface area contributed by atoms with Crippen LogP contribution in [0.1, 0.15) is 5.56 Å². The van der Waals surface area contributed by atoms with Gasteiger partial charge >= 0.3 is 5.97 Å². The summed E-state index contributed by atoms with van der Waals surface area (Å²) < 4.78 is 0. The Kier molecular flexibility index (Phi) is 5.02. The Morgan fingerprint density at radius 3 is 2.72 bits per heavy atom. The van der Waals surface area contributed by atoms with E-state index in [9.17, 15) is 19.7 Å². The van der Waals surface area contributed by atoms with Gasteiger partial charge in [-0.15, -0.1) is 0 Å². The minimum absolute atomic E-state index is 0. The zero-order valence-corrected chi connectivity index (χ0v) is 11.3. The standard InChI is InChI=1S/C10H9N2O5.Fm/c13-6-11-9(10(14)15)5-7-2-1-3-8(4-7)12(16)17;/h1-4,9H,5H2,(H,11,13)(H,14,15);/q-1;/t9-;/m0./s1. The Bertz CT molecular complexity index is 452. The SMILES string of the molecule is O=[C-]N[C@@H](Cc1cccc([N+](=O)[O-])c1)C(=O)O.[Fm]. The zero-order chi connectivity index (χ0) is 12.8. The van der Waals surface area contributed by atoms with Gasteiger partial charge in [0.05, 0.1) is 4.92 Å². The number of carbonyl (C=O) groups is 1. The van der Waals surface area contributed by atoms with Gasteiger partial charge in [0, 0.05) is 18.6 Å². The van der Waals surface area contributed by atoms with Crippen molar-refractivity contribution in [3.05, 3.63) is 39.9 Å². The molecule has 1 atom stereocenters. The fraction of sp³-hybridized carbons (Fsp3) is 0.200. The second-order valence-electron chi connectivity index (χ2n) is 3.27. The minimum Gasteiger partial charge on any atom is -0.520 e. The van der Waals surface area contributed by atoms with Crippen LogP contribution >= 0.6 is 0 Å². The van der Waals surface area contributed by atoms with Gasteiger partial charge in [-0.2, -0.15) is 6.41 Å². The molecule has 0 bridgehead atoms. The fourth-order valence-corrected chi connectivity index (χ4v) is 1.30. The van der Waals surface area contributed by atoms with E-state index in [0.29, 0.717) is 5.56 Å². The first-order chi connectivity index (χ1) is 8.04. The molecule has 1 aromatic carbocycles. The van der Waals surface area contributed by atoms with E-state index in [1.807, 2.05) is 5.32 Å². The molecule has 0 heterocycles. The monoisotopic (exact) mass is 494 g/mol. The van der Waals surface area contributed by atoms with Crippen LogP contribution in [0, 0.1) is 10.1 Å². The van der Waals surface area contributed by atoms with Crippen LogP contribution < -0.4 is 5.32 Å². The van der Waals surface area contributed by atoms with Crippen LogP contribution in [-0.4, -0.2) is 28.5 Å². The second-order valence-corrected chi connectivity index (χ2v) is 3.27. The van der Waals surface area contributed by atoms with Crippen LogP contribution in [0.15, 0.2) is 24.3 Å². The predicted octanol–water partition coefficient (Wildman–Crippen LogP) is 0.247. The molecule has 0 aliphatic heterocycles. The summed E-state index contributed by atoms with van der Waals surface area (Å²) in [5.74, 6) is -1.22. The van der Waals surface area contributed by atoms with Crippen molar-refractivity contribution in [3.8, 4) is 0 Å². The van der Waals surface area contributed by atoms with Gasteiger partial charge < -0.3 is 15.2 Å². The fourth-order valence-electron chi connectivity index (χ4n) is 1.30. The normalized spacial score (nSPS) is 10.9. The van der Waals surface area contributed by atoms with Crippen LogP contribution in [0.25, 0.3) is 0 Å². The molecule has 0 fully saturated rings. The average Bonchev–Trinajstić information content (AvgIpc) is 2.28. The third-order valence-electron chi connectivity index (χ3n) is 2.09. The van der Waals surface area contributed by atoms with E-state index in [2.05, 4.69) is 0 Å². The number of hydrogen-bond acceptors (Lipinski definition) is 4. The number of hydrogen-bond donors (Lipinski definition) is 2. The maximum absolute atomic E-state index is 10.7. The van der Waals surface area contributed by atoms with Gasteiger partial charge in [0.1, 0.15) is 6.04 Å². The van der Waals surface area contributed by atoms with Gasteiger partial charge in [-0.05, 0) is 5.56 Å². The number of carboxylic acids is 1. The summed E-state index contributed by atoms with van der Waals surface area (Å²) in [5, 5.41) is 21.3. The Morgan fingerprint density at radius 2 is 2.22 bits per heavy atom. The molecule has 0 saturated heterocycles. The van der Waals surface area contributed by atoms with E-state index in [-0.39, 0.29) is 12.1 Å². The largest absolute Gasteiger partial charge is 0.520 e. The third kappa shape index (κ3) is 3.61. The summed E-state index contributed by atoms with van der Waals surface area (Å²) in [6, 6.07) is 4.43. The molecule has 8 heteroatoms. The van der Waals surface area contributed by atoms with Crippen LogP contribution in [0.2, 0.25) is 0 Å². The van der Waals surface area contributed by atoms with Crippen molar-refractivity contribution in [1.82, 2.24) is 5.32 Å². The van der Waals surface area contributed by atoms with Crippen molar-refractivity contribution in [3.63, 3.8) is 0 Å². The first-order valence-corrected chi connectivity index (χ1v) is 4.63. The number of rotatable bonds is 6. The summed E-state index contributed by atoms with van der Waals surface area (Å²) in [5.41, 5.74) is 0.330. The molecular weight excluding hydrogens is 485 g/mol. The summed E-state index contributed by atoms with van der Waals surface area (Å²) in [7, 11) is 0. The Labute approximate surface area is 96.2 Å². The number of amides is 1. The number of nitro benzene ring substituents is 1. The maximum Gasteiger partial charge on any atom is 0.323 e. The molecule has 1 amide bonds. The Balaban J connectivity index is 0.00000289. The second kappa shape index (κ2) is 6.21. The van der Waals surface area contributed by atoms with Crippen LogP contribution in [0.5, 0.6) is 0 Å². The van der Waals surface area contributed by atoms with Crippen molar-refractivity contribution >= 4 is 18.1 Å². The predicted molar refractivity (Wildman–Crippen MR) is 57.1 cm³/mol. The number of carbonyl (C=O) groups excluding carboxylic acids is 1. The molecule has 0 aliphatic carbocycles. The first kappa shape index (κ1) is 14.6. The maximum atomic E-state index is 10.7. The Hall–Kier alpha value is -3.44. The number of carboxylic acid groups (broad SMARTS) is 1. The van der Waals surface area contributed by atoms with E-state index >= 15 is 0 Å². The third-order valence-corrected chi connectivity index (χ3v) is 2.09. The van der Waals surface area contributed by atoms with Gasteiger partial charge in [-0.25, -0.2) is 0 Å². The van der Waals surface area contributed by atoms with Gasteiger partial charge in [-0.3, -0.25) is 14.9 Å². The van der Waals surface area contributed by atoms with Crippen molar-refractivity contribution < 1.29 is 19.6 Å². The number of benzene rings is 1. The van der Waals surface area contributed by atoms with Crippen molar-refractivity contribution in [2.45, 2.75) is 12.5 Å². The summed E-state index contributed by atoms with van der Waals surface area (Å²) in [6.45, 7) is 0. The average molecular weight is 494 g/mol. The molecule has 2 N–H and O–H groups in total. The van der Waals surface area contributed by atoms with Crippen molar-refractivity contribution in [2.24, 2.45) is 0 Å². The molecule has 0 spiro atoms. The molecule has 102 valence electrons. The van der Waals surface area contributed by atoms with E-state index in [1.54, 1.807) is 6.07 Å². The van der Waals surface area contributed by atoms with Crippen molar-refractivity contribution in [1.29, 1.82) is 0 Å². The summed E-state index contributed by atoms with van der Waals surface area (Å²) in [4.78, 5) is 30.8. The number of non-ortho nitro benzene ring substituents is 1. The number of nitro groups is 1. The molecule has 0 saturated carbocycles. The molecule has 7 nitrogen and oxygen atoms in total. The first-order valence-electron chi connectivity index (χ1n) is 4.63. The molecule has 0 aromatic heterocycles. The zero-order valence-electron chi connectivity index (χ0n) is 8.91. The number of nitrogens with one attached hydrogen (secondary N) is 1. The smallest absolute Gasteiger partial charge is 0.323 e. The topological polar surface area (TPSA) is 110 Å². The van der Waals surface area contributed by atoms with Crippen LogP contribution in [0.3, 0.4) is 0 Å². The van der Waals surface area contributed by atoms with E-state index in [0.717, 1.165) is 0 Å². The number of nitrogens with zero attached hydrogens (tertiary/aromatic N) is 1. The van der Waals surface area contributed by atoms with E-state index in [4.69, 9.17) is 5.11 Å². The van der Waals surface area contributed by atoms with E-state index in [1.165, 1.54) is 24.6 Å². The van der Waals surface area contributed by atoms with Crippen LogP contribution in [-0.2, 0) is 16.0 Å². The summed E-state index contributed by atoms with van der Waals surface area (Å²) >= 11 is 0. The molecular formula is C10H9FmN2O5-. The quantitative estimate of drug-likeness (QED) is 0.255. The number of aliphatic carboxylic acids is 1. The minimum atomic E-state index is -1.22. The molecule has 0 aliphatic rings. The van der Waals surface area contributed by atoms with Gasteiger partial charge in [0.15, 0.2) is 0 Å². The molecule has 1 rings (SSSR count). The van der Waals surface area contributed by atoms with Gasteiger partial charge in [0.25, 0.3) is 5.69 Å². The van der Waals surface area contributed by atoms with E-state index < -0.39 is 16.9 Å². The Morgan fingerprint density at radius 1 is 1.56 bits per heavy atom. The summed E-state index contributed by atoms with van der Waals surface area (Å²) in [6.07, 6.45) is 1.26.